The zero-order valence-corrected chi connectivity index (χ0v) is 13.9. The fourth-order valence-electron chi connectivity index (χ4n) is 3.11. The van der Waals surface area contributed by atoms with Crippen LogP contribution in [0.15, 0.2) is 23.2 Å². The average Bonchev–Trinajstić information content (AvgIpc) is 2.47. The number of aliphatic hydroxyl groups is 1. The molecule has 8 heteroatoms. The number of aliphatic hydroxyl groups excluding tert-OH is 1. The smallest absolute Gasteiger partial charge is 0.407 e. The Hall–Kier alpha value is -1.12. The third kappa shape index (κ3) is 5.46. The van der Waals surface area contributed by atoms with Crippen LogP contribution in [-0.4, -0.2) is 67.1 Å². The molecule has 2 aliphatic rings. The van der Waals surface area contributed by atoms with Crippen LogP contribution in [0.2, 0.25) is 0 Å². The van der Waals surface area contributed by atoms with Crippen molar-refractivity contribution in [3.8, 4) is 0 Å². The number of alkyl halides is 3. The topological polar surface area (TPSA) is 35.9 Å². The Morgan fingerprint density at radius 1 is 1.21 bits per heavy atom. The number of piperazine rings is 1. The summed E-state index contributed by atoms with van der Waals surface area (Å²) in [6, 6.07) is 0. The highest BCUT2D eigenvalue weighted by atomic mass is 19.4. The van der Waals surface area contributed by atoms with Crippen molar-refractivity contribution in [1.82, 2.24) is 9.80 Å². The monoisotopic (exact) mass is 352 g/mol. The maximum atomic E-state index is 14.0. The van der Waals surface area contributed by atoms with Crippen molar-refractivity contribution in [2.75, 3.05) is 39.8 Å². The molecule has 1 aliphatic carbocycles. The van der Waals surface area contributed by atoms with Gasteiger partial charge in [0.25, 0.3) is 0 Å². The Kier molecular flexibility index (Phi) is 6.28. The minimum Gasteiger partial charge on any atom is -0.407 e. The van der Waals surface area contributed by atoms with Gasteiger partial charge in [0.05, 0.1) is 6.10 Å². The van der Waals surface area contributed by atoms with E-state index in [2.05, 4.69) is 14.5 Å². The molecule has 1 fully saturated rings. The second-order valence-electron chi connectivity index (χ2n) is 6.49. The van der Waals surface area contributed by atoms with Gasteiger partial charge in [0.1, 0.15) is 5.76 Å². The number of hydrogen-bond donors (Lipinski definition) is 1. The summed E-state index contributed by atoms with van der Waals surface area (Å²) in [5.74, 6) is -1.99. The summed E-state index contributed by atoms with van der Waals surface area (Å²) in [5.41, 5.74) is 0.635. The number of rotatable bonds is 5. The quantitative estimate of drug-likeness (QED) is 0.772. The lowest BCUT2D eigenvalue weighted by molar-refractivity contribution is -0.307. The summed E-state index contributed by atoms with van der Waals surface area (Å²) < 4.78 is 54.4. The van der Waals surface area contributed by atoms with Gasteiger partial charge in [0.2, 0.25) is 0 Å². The highest BCUT2D eigenvalue weighted by Gasteiger charge is 2.35. The molecule has 2 rings (SSSR count). The fourth-order valence-corrected chi connectivity index (χ4v) is 3.11. The molecule has 4 nitrogen and oxygen atoms in total. The van der Waals surface area contributed by atoms with Gasteiger partial charge in [0.15, 0.2) is 5.83 Å². The fraction of sp³-hybridized carbons (Fsp3) is 0.750. The molecule has 0 saturated carbocycles. The van der Waals surface area contributed by atoms with Crippen LogP contribution in [-0.2, 0) is 4.74 Å². The van der Waals surface area contributed by atoms with Gasteiger partial charge in [0, 0.05) is 45.1 Å². The molecular weight excluding hydrogens is 328 g/mol. The minimum atomic E-state index is -4.89. The SMILES string of the molecule is CC(O)[C@H](CN1CCN(C)CC1)C1=CC(F)=C(OC(F)(F)F)CC1. The van der Waals surface area contributed by atoms with E-state index in [1.165, 1.54) is 0 Å². The van der Waals surface area contributed by atoms with Crippen LogP contribution in [0.1, 0.15) is 19.8 Å². The number of halogens is 4. The lowest BCUT2D eigenvalue weighted by atomic mass is 9.87. The molecule has 0 radical (unpaired) electrons. The molecule has 1 N–H and O–H groups in total. The van der Waals surface area contributed by atoms with Crippen molar-refractivity contribution in [1.29, 1.82) is 0 Å². The summed E-state index contributed by atoms with van der Waals surface area (Å²) in [7, 11) is 2.04. The average molecular weight is 352 g/mol. The lowest BCUT2D eigenvalue weighted by Gasteiger charge is -2.36. The zero-order valence-electron chi connectivity index (χ0n) is 13.9. The first kappa shape index (κ1) is 19.2. The molecule has 0 aromatic rings. The summed E-state index contributed by atoms with van der Waals surface area (Å²) >= 11 is 0. The Bertz CT molecular complexity index is 495. The summed E-state index contributed by atoms with van der Waals surface area (Å²) in [4.78, 5) is 4.40. The first-order chi connectivity index (χ1) is 11.2. The van der Waals surface area contributed by atoms with Crippen LogP contribution in [0.25, 0.3) is 0 Å². The van der Waals surface area contributed by atoms with Gasteiger partial charge >= 0.3 is 6.36 Å². The van der Waals surface area contributed by atoms with Crippen LogP contribution in [0, 0.1) is 5.92 Å². The van der Waals surface area contributed by atoms with E-state index in [9.17, 15) is 22.7 Å². The van der Waals surface area contributed by atoms with E-state index in [0.717, 1.165) is 32.3 Å². The normalized spacial score (nSPS) is 23.9. The van der Waals surface area contributed by atoms with E-state index >= 15 is 0 Å². The van der Waals surface area contributed by atoms with Crippen molar-refractivity contribution in [3.05, 3.63) is 23.2 Å². The molecule has 0 spiro atoms. The van der Waals surface area contributed by atoms with Gasteiger partial charge in [-0.1, -0.05) is 5.57 Å². The molecule has 1 aliphatic heterocycles. The number of hydrogen-bond acceptors (Lipinski definition) is 4. The molecule has 138 valence electrons. The summed E-state index contributed by atoms with van der Waals surface area (Å²) in [5, 5.41) is 10.1. The third-order valence-electron chi connectivity index (χ3n) is 4.57. The van der Waals surface area contributed by atoms with Gasteiger partial charge in [-0.15, -0.1) is 13.2 Å². The van der Waals surface area contributed by atoms with Gasteiger partial charge in [-0.05, 0) is 26.5 Å². The lowest BCUT2D eigenvalue weighted by Crippen LogP contribution is -2.47. The van der Waals surface area contributed by atoms with Gasteiger partial charge in [-0.3, -0.25) is 0 Å². The van der Waals surface area contributed by atoms with E-state index in [4.69, 9.17) is 0 Å². The standard InChI is InChI=1S/C16H24F4N2O2/c1-11(23)13(10-22-7-5-21(2)6-8-22)12-3-4-15(14(17)9-12)24-16(18,19)20/h9,11,13,23H,3-8,10H2,1-2H3/t11?,13-/m0/s1. The van der Waals surface area contributed by atoms with E-state index in [-0.39, 0.29) is 18.8 Å². The third-order valence-corrected chi connectivity index (χ3v) is 4.57. The second-order valence-corrected chi connectivity index (χ2v) is 6.49. The first-order valence-electron chi connectivity index (χ1n) is 8.09. The highest BCUT2D eigenvalue weighted by Crippen LogP contribution is 2.35. The molecule has 24 heavy (non-hydrogen) atoms. The maximum absolute atomic E-state index is 14.0. The summed E-state index contributed by atoms with van der Waals surface area (Å²) in [6.45, 7) is 5.75. The predicted octanol–water partition coefficient (Wildman–Crippen LogP) is 2.67. The second kappa shape index (κ2) is 7.84. The molecule has 2 atom stereocenters. The van der Waals surface area contributed by atoms with Crippen molar-refractivity contribution < 1.29 is 27.4 Å². The Labute approximate surface area is 139 Å². The highest BCUT2D eigenvalue weighted by molar-refractivity contribution is 5.28. The Morgan fingerprint density at radius 2 is 1.83 bits per heavy atom. The molecule has 0 aromatic carbocycles. The number of ether oxygens (including phenoxy) is 1. The van der Waals surface area contributed by atoms with Crippen LogP contribution in [0.4, 0.5) is 17.6 Å². The van der Waals surface area contributed by atoms with Crippen LogP contribution in [0.5, 0.6) is 0 Å². The molecule has 1 heterocycles. The Morgan fingerprint density at radius 3 is 2.33 bits per heavy atom. The van der Waals surface area contributed by atoms with Gasteiger partial charge in [-0.2, -0.15) is 0 Å². The van der Waals surface area contributed by atoms with E-state index < -0.39 is 24.1 Å². The van der Waals surface area contributed by atoms with Gasteiger partial charge in [-0.25, -0.2) is 4.39 Å². The number of nitrogens with zero attached hydrogens (tertiary/aromatic N) is 2. The molecule has 0 amide bonds. The predicted molar refractivity (Wildman–Crippen MR) is 81.7 cm³/mol. The van der Waals surface area contributed by atoms with Gasteiger partial charge < -0.3 is 19.6 Å². The summed E-state index contributed by atoms with van der Waals surface area (Å²) in [6.07, 6.45) is -4.39. The molecular formula is C16H24F4N2O2. The molecule has 1 saturated heterocycles. The number of likely N-dealkylation sites (N-methyl/N-ethyl adjacent to an activating group) is 1. The van der Waals surface area contributed by atoms with Crippen molar-refractivity contribution in [2.24, 2.45) is 5.92 Å². The minimum absolute atomic E-state index is 0.150. The Balaban J connectivity index is 2.07. The van der Waals surface area contributed by atoms with Crippen LogP contribution in [0.3, 0.4) is 0 Å². The maximum Gasteiger partial charge on any atom is 0.572 e. The molecule has 1 unspecified atom stereocenters. The first-order valence-corrected chi connectivity index (χ1v) is 8.09. The van der Waals surface area contributed by atoms with Crippen molar-refractivity contribution in [3.63, 3.8) is 0 Å². The van der Waals surface area contributed by atoms with Crippen molar-refractivity contribution >= 4 is 0 Å². The number of allylic oxidation sites excluding steroid dienone is 3. The zero-order chi connectivity index (χ0) is 17.9. The van der Waals surface area contributed by atoms with Crippen molar-refractivity contribution in [2.45, 2.75) is 32.2 Å². The van der Waals surface area contributed by atoms with E-state index in [1.807, 2.05) is 7.05 Å². The molecule has 0 bridgehead atoms. The van der Waals surface area contributed by atoms with E-state index in [0.29, 0.717) is 12.1 Å². The van der Waals surface area contributed by atoms with Crippen LogP contribution >= 0.6 is 0 Å². The molecule has 0 aromatic heterocycles. The van der Waals surface area contributed by atoms with Crippen LogP contribution < -0.4 is 0 Å². The van der Waals surface area contributed by atoms with E-state index in [1.54, 1.807) is 6.92 Å². The largest absolute Gasteiger partial charge is 0.572 e.